The summed E-state index contributed by atoms with van der Waals surface area (Å²) in [6.07, 6.45) is 1.94. The predicted molar refractivity (Wildman–Crippen MR) is 141 cm³/mol. The van der Waals surface area contributed by atoms with Gasteiger partial charge in [-0.15, -0.1) is 0 Å². The van der Waals surface area contributed by atoms with Crippen molar-refractivity contribution in [2.45, 2.75) is 27.2 Å². The van der Waals surface area contributed by atoms with Gasteiger partial charge in [0.1, 0.15) is 0 Å². The average molecular weight is 495 g/mol. The summed E-state index contributed by atoms with van der Waals surface area (Å²) in [7, 11) is 0. The molecule has 0 amide bonds. The second-order valence-electron chi connectivity index (χ2n) is 9.41. The first kappa shape index (κ1) is 22.5. The number of allylic oxidation sites excluding steroid dienone is 2. The zero-order chi connectivity index (χ0) is 22.1. The zero-order valence-electron chi connectivity index (χ0n) is 18.6. The molecule has 1 saturated carbocycles. The number of aliphatic hydroxyl groups excluding tert-OH is 1. The Labute approximate surface area is 194 Å². The molecule has 0 saturated heterocycles. The SMILES string of the molecule is C/C(CP(Br)(c1ccccc1)(c1ccccc1)c1ccccc1)=C1/CC(CO)C1(C)C. The van der Waals surface area contributed by atoms with Crippen LogP contribution in [-0.2, 0) is 0 Å². The van der Waals surface area contributed by atoms with Crippen molar-refractivity contribution in [1.29, 1.82) is 0 Å². The maximum absolute atomic E-state index is 9.81. The van der Waals surface area contributed by atoms with Gasteiger partial charge >= 0.3 is 195 Å². The van der Waals surface area contributed by atoms with Crippen LogP contribution in [0.1, 0.15) is 27.2 Å². The summed E-state index contributed by atoms with van der Waals surface area (Å²) in [6.45, 7) is 7.14. The maximum atomic E-state index is 9.81. The Hall–Kier alpha value is -1.73. The Morgan fingerprint density at radius 1 is 0.839 bits per heavy atom. The summed E-state index contributed by atoms with van der Waals surface area (Å²) in [5.74, 6) is 0.351. The molecule has 3 aromatic carbocycles. The summed E-state index contributed by atoms with van der Waals surface area (Å²) < 4.78 is 0. The van der Waals surface area contributed by atoms with Gasteiger partial charge < -0.3 is 0 Å². The molecule has 31 heavy (non-hydrogen) atoms. The molecule has 1 aliphatic carbocycles. The van der Waals surface area contributed by atoms with Crippen molar-refractivity contribution in [3.05, 3.63) is 102 Å². The van der Waals surface area contributed by atoms with Crippen molar-refractivity contribution < 1.29 is 5.11 Å². The minimum absolute atomic E-state index is 0.0467. The van der Waals surface area contributed by atoms with E-state index in [-0.39, 0.29) is 12.0 Å². The molecule has 0 aliphatic heterocycles. The third-order valence-corrected chi connectivity index (χ3v) is 17.0. The molecule has 1 N–H and O–H groups in total. The zero-order valence-corrected chi connectivity index (χ0v) is 21.1. The van der Waals surface area contributed by atoms with Gasteiger partial charge in [-0.25, -0.2) is 0 Å². The molecule has 1 atom stereocenters. The molecule has 1 nitrogen and oxygen atoms in total. The van der Waals surface area contributed by atoms with Crippen LogP contribution in [0.25, 0.3) is 0 Å². The number of rotatable bonds is 6. The van der Waals surface area contributed by atoms with E-state index in [0.29, 0.717) is 5.92 Å². The van der Waals surface area contributed by atoms with Crippen molar-refractivity contribution in [3.8, 4) is 0 Å². The first-order chi connectivity index (χ1) is 14.8. The Bertz CT molecular complexity index is 974. The standard InChI is InChI=1S/C28H32BrOP/c1-22(27-19-23(20-30)28(27,2)3)21-31(29,24-13-7-4-8-14-24,25-15-9-5-10-16-25)26-17-11-6-12-18-26/h4-18,23,30H,19-21H2,1-3H3/b27-22+. The molecular weight excluding hydrogens is 463 g/mol. The molecule has 0 heterocycles. The van der Waals surface area contributed by atoms with Crippen LogP contribution in [0.3, 0.4) is 0 Å². The van der Waals surface area contributed by atoms with E-state index >= 15 is 0 Å². The number of aliphatic hydroxyl groups is 1. The normalized spacial score (nSPS) is 20.9. The number of benzene rings is 3. The molecular formula is C28H32BrOP. The molecule has 0 radical (unpaired) electrons. The molecule has 162 valence electrons. The molecule has 1 fully saturated rings. The monoisotopic (exact) mass is 494 g/mol. The van der Waals surface area contributed by atoms with Gasteiger partial charge in [-0.2, -0.15) is 0 Å². The van der Waals surface area contributed by atoms with E-state index in [0.717, 1.165) is 12.6 Å². The Morgan fingerprint density at radius 2 is 1.23 bits per heavy atom. The van der Waals surface area contributed by atoms with Gasteiger partial charge in [-0.1, -0.05) is 0 Å². The predicted octanol–water partition coefficient (Wildman–Crippen LogP) is 6.18. The third kappa shape index (κ3) is 3.54. The first-order valence-electron chi connectivity index (χ1n) is 11.0. The van der Waals surface area contributed by atoms with Crippen LogP contribution >= 0.6 is 20.8 Å². The summed E-state index contributed by atoms with van der Waals surface area (Å²) >= 11 is 4.56. The van der Waals surface area contributed by atoms with Crippen molar-refractivity contribution >= 4 is 36.7 Å². The van der Waals surface area contributed by atoms with Crippen molar-refractivity contribution in [3.63, 3.8) is 0 Å². The van der Waals surface area contributed by atoms with Crippen LogP contribution in [0.2, 0.25) is 0 Å². The van der Waals surface area contributed by atoms with Crippen LogP contribution in [0.5, 0.6) is 0 Å². The quantitative estimate of drug-likeness (QED) is 0.320. The minimum atomic E-state index is -2.95. The Morgan fingerprint density at radius 3 is 1.55 bits per heavy atom. The van der Waals surface area contributed by atoms with Crippen LogP contribution in [-0.4, -0.2) is 17.9 Å². The van der Waals surface area contributed by atoms with E-state index in [4.69, 9.17) is 0 Å². The van der Waals surface area contributed by atoms with Crippen molar-refractivity contribution in [2.75, 3.05) is 12.8 Å². The second kappa shape index (κ2) is 8.32. The van der Waals surface area contributed by atoms with Gasteiger partial charge in [0.2, 0.25) is 0 Å². The van der Waals surface area contributed by atoms with Gasteiger partial charge in [-0.05, 0) is 0 Å². The van der Waals surface area contributed by atoms with E-state index in [1.807, 2.05) is 0 Å². The van der Waals surface area contributed by atoms with Crippen molar-refractivity contribution in [2.24, 2.45) is 11.3 Å². The summed E-state index contributed by atoms with van der Waals surface area (Å²) in [5, 5.41) is 10.9. The molecule has 1 unspecified atom stereocenters. The topological polar surface area (TPSA) is 20.2 Å². The molecule has 0 aromatic heterocycles. The van der Waals surface area contributed by atoms with Gasteiger partial charge in [0, 0.05) is 0 Å². The van der Waals surface area contributed by atoms with Crippen LogP contribution in [0.15, 0.2) is 102 Å². The van der Waals surface area contributed by atoms with Gasteiger partial charge in [0.25, 0.3) is 0 Å². The van der Waals surface area contributed by atoms with E-state index in [2.05, 4.69) is 127 Å². The molecule has 3 heteroatoms. The summed E-state index contributed by atoms with van der Waals surface area (Å²) in [4.78, 5) is 0. The van der Waals surface area contributed by atoms with E-state index in [1.165, 1.54) is 27.1 Å². The Kier molecular flexibility index (Phi) is 6.03. The van der Waals surface area contributed by atoms with Gasteiger partial charge in [-0.3, -0.25) is 0 Å². The molecule has 3 aromatic rings. The first-order valence-corrected chi connectivity index (χ1v) is 15.5. The Balaban J connectivity index is 2.01. The van der Waals surface area contributed by atoms with Crippen LogP contribution < -0.4 is 15.9 Å². The van der Waals surface area contributed by atoms with E-state index in [9.17, 15) is 5.11 Å². The fraction of sp³-hybridized carbons (Fsp3) is 0.286. The van der Waals surface area contributed by atoms with Crippen LogP contribution in [0, 0.1) is 11.3 Å². The fourth-order valence-corrected chi connectivity index (χ4v) is 13.5. The van der Waals surface area contributed by atoms with E-state index < -0.39 is 5.31 Å². The average Bonchev–Trinajstić information content (AvgIpc) is 2.80. The summed E-state index contributed by atoms with van der Waals surface area (Å²) in [5.41, 5.74) is 2.99. The van der Waals surface area contributed by atoms with E-state index in [1.54, 1.807) is 0 Å². The number of hydrogen-bond donors (Lipinski definition) is 1. The fourth-order valence-electron chi connectivity index (χ4n) is 5.38. The molecule has 0 bridgehead atoms. The third-order valence-electron chi connectivity index (χ3n) is 7.40. The summed E-state index contributed by atoms with van der Waals surface area (Å²) in [6, 6.07) is 32.9. The molecule has 0 spiro atoms. The number of hydrogen-bond acceptors (Lipinski definition) is 1. The van der Waals surface area contributed by atoms with Crippen LogP contribution in [0.4, 0.5) is 0 Å². The van der Waals surface area contributed by atoms with Gasteiger partial charge in [0.05, 0.1) is 0 Å². The molecule has 1 aliphatic rings. The van der Waals surface area contributed by atoms with Crippen molar-refractivity contribution in [1.82, 2.24) is 0 Å². The molecule has 4 rings (SSSR count). The second-order valence-corrected chi connectivity index (χ2v) is 18.3. The van der Waals surface area contributed by atoms with Gasteiger partial charge in [0.15, 0.2) is 0 Å². The number of halogens is 1.